The second-order valence-corrected chi connectivity index (χ2v) is 8.04. The molecule has 9 heteroatoms. The molecule has 1 fully saturated rings. The second-order valence-electron chi connectivity index (χ2n) is 7.19. The number of ether oxygens (including phenoxy) is 1. The summed E-state index contributed by atoms with van der Waals surface area (Å²) >= 11 is 3.41. The number of urea groups is 1. The minimum Gasteiger partial charge on any atom is -0.488 e. The molecule has 3 aromatic carbocycles. The summed E-state index contributed by atoms with van der Waals surface area (Å²) in [4.78, 5) is 38.2. The largest absolute Gasteiger partial charge is 0.488 e. The van der Waals surface area contributed by atoms with Crippen LogP contribution in [0.2, 0.25) is 0 Å². The summed E-state index contributed by atoms with van der Waals surface area (Å²) in [5, 5.41) is 11.3. The molecule has 3 aromatic rings. The van der Waals surface area contributed by atoms with E-state index in [-0.39, 0.29) is 17.9 Å². The lowest BCUT2D eigenvalue weighted by atomic mass is 10.1. The van der Waals surface area contributed by atoms with Gasteiger partial charge in [-0.15, -0.1) is 0 Å². The van der Waals surface area contributed by atoms with Gasteiger partial charge in [0.1, 0.15) is 23.7 Å². The van der Waals surface area contributed by atoms with Crippen LogP contribution in [-0.4, -0.2) is 17.8 Å². The fourth-order valence-corrected chi connectivity index (χ4v) is 3.82. The van der Waals surface area contributed by atoms with Crippen LogP contribution in [0.1, 0.15) is 16.7 Å². The number of amides is 4. The van der Waals surface area contributed by atoms with E-state index >= 15 is 0 Å². The van der Waals surface area contributed by atoms with E-state index in [9.17, 15) is 24.0 Å². The molecular formula is C25H15BrFN3O4. The van der Waals surface area contributed by atoms with Crippen molar-refractivity contribution in [3.8, 4) is 11.8 Å². The minimum atomic E-state index is -0.958. The van der Waals surface area contributed by atoms with Gasteiger partial charge in [-0.2, -0.15) is 5.26 Å². The Labute approximate surface area is 202 Å². The first-order valence-corrected chi connectivity index (χ1v) is 10.7. The van der Waals surface area contributed by atoms with Crippen molar-refractivity contribution in [1.82, 2.24) is 5.32 Å². The summed E-state index contributed by atoms with van der Waals surface area (Å²) in [6.45, 7) is 0.175. The van der Waals surface area contributed by atoms with Gasteiger partial charge >= 0.3 is 6.03 Å². The lowest BCUT2D eigenvalue weighted by Gasteiger charge is -2.26. The monoisotopic (exact) mass is 519 g/mol. The lowest BCUT2D eigenvalue weighted by Crippen LogP contribution is -2.54. The Hall–Kier alpha value is -4.29. The molecule has 1 saturated heterocycles. The number of carbonyl (C=O) groups excluding carboxylic acids is 3. The first kappa shape index (κ1) is 22.9. The third-order valence-electron chi connectivity index (χ3n) is 4.96. The number of imide groups is 2. The molecule has 0 spiro atoms. The predicted molar refractivity (Wildman–Crippen MR) is 125 cm³/mol. The van der Waals surface area contributed by atoms with E-state index in [0.717, 1.165) is 11.6 Å². The van der Waals surface area contributed by atoms with E-state index < -0.39 is 23.7 Å². The highest BCUT2D eigenvalue weighted by molar-refractivity contribution is 9.10. The lowest BCUT2D eigenvalue weighted by molar-refractivity contribution is -0.122. The number of nitrogens with zero attached hydrogens (tertiary/aromatic N) is 2. The van der Waals surface area contributed by atoms with Crippen molar-refractivity contribution >= 4 is 45.5 Å². The number of barbiturate groups is 1. The van der Waals surface area contributed by atoms with Crippen molar-refractivity contribution in [3.63, 3.8) is 0 Å². The van der Waals surface area contributed by atoms with Gasteiger partial charge in [0.2, 0.25) is 0 Å². The number of hydrogen-bond donors (Lipinski definition) is 1. The quantitative estimate of drug-likeness (QED) is 0.388. The average Bonchev–Trinajstić information content (AvgIpc) is 2.81. The highest BCUT2D eigenvalue weighted by Crippen LogP contribution is 2.29. The zero-order valence-electron chi connectivity index (χ0n) is 17.4. The number of rotatable bonds is 5. The zero-order valence-corrected chi connectivity index (χ0v) is 19.0. The highest BCUT2D eigenvalue weighted by Gasteiger charge is 2.36. The summed E-state index contributed by atoms with van der Waals surface area (Å²) in [6, 6.07) is 18.1. The number of nitrogens with one attached hydrogen (secondary N) is 1. The third kappa shape index (κ3) is 4.72. The van der Waals surface area contributed by atoms with Crippen molar-refractivity contribution in [3.05, 3.63) is 99.3 Å². The summed E-state index contributed by atoms with van der Waals surface area (Å²) in [5.74, 6) is -1.86. The van der Waals surface area contributed by atoms with Crippen LogP contribution >= 0.6 is 15.9 Å². The van der Waals surface area contributed by atoms with E-state index in [0.29, 0.717) is 26.2 Å². The first-order chi connectivity index (χ1) is 16.4. The first-order valence-electron chi connectivity index (χ1n) is 9.95. The maximum absolute atomic E-state index is 13.6. The Morgan fingerprint density at radius 2 is 1.85 bits per heavy atom. The van der Waals surface area contributed by atoms with Crippen molar-refractivity contribution in [2.75, 3.05) is 4.90 Å². The molecule has 1 aliphatic heterocycles. The van der Waals surface area contributed by atoms with Crippen LogP contribution in [0.15, 0.2) is 76.8 Å². The van der Waals surface area contributed by atoms with Crippen molar-refractivity contribution in [2.24, 2.45) is 0 Å². The molecule has 0 unspecified atom stereocenters. The van der Waals surface area contributed by atoms with Crippen LogP contribution in [0, 0.1) is 17.1 Å². The Kier molecular flexibility index (Phi) is 6.52. The van der Waals surface area contributed by atoms with Gasteiger partial charge in [0, 0.05) is 5.56 Å². The topological polar surface area (TPSA) is 99.5 Å². The van der Waals surface area contributed by atoms with Gasteiger partial charge in [0.15, 0.2) is 0 Å². The number of carbonyl (C=O) groups is 3. The molecule has 0 radical (unpaired) electrons. The van der Waals surface area contributed by atoms with Crippen LogP contribution in [0.5, 0.6) is 5.75 Å². The van der Waals surface area contributed by atoms with E-state index in [1.54, 1.807) is 36.4 Å². The number of anilines is 1. The van der Waals surface area contributed by atoms with E-state index in [2.05, 4.69) is 27.3 Å². The normalized spacial score (nSPS) is 14.7. The molecule has 1 N–H and O–H groups in total. The van der Waals surface area contributed by atoms with Gasteiger partial charge in [-0.3, -0.25) is 14.9 Å². The third-order valence-corrected chi connectivity index (χ3v) is 5.58. The van der Waals surface area contributed by atoms with Crippen LogP contribution in [-0.2, 0) is 16.2 Å². The maximum atomic E-state index is 13.6. The van der Waals surface area contributed by atoms with Gasteiger partial charge in [-0.25, -0.2) is 14.1 Å². The Morgan fingerprint density at radius 1 is 1.06 bits per heavy atom. The van der Waals surface area contributed by atoms with Crippen LogP contribution in [0.3, 0.4) is 0 Å². The molecule has 4 amide bonds. The fourth-order valence-electron chi connectivity index (χ4n) is 3.31. The molecule has 0 atom stereocenters. The number of hydrogen-bond acceptors (Lipinski definition) is 5. The molecule has 168 valence electrons. The van der Waals surface area contributed by atoms with Crippen LogP contribution in [0.25, 0.3) is 6.08 Å². The molecule has 1 aliphatic rings. The van der Waals surface area contributed by atoms with Gasteiger partial charge in [-0.05, 0) is 64.0 Å². The number of halogens is 2. The molecule has 7 nitrogen and oxygen atoms in total. The predicted octanol–water partition coefficient (Wildman–Crippen LogP) is 4.71. The van der Waals surface area contributed by atoms with Crippen molar-refractivity contribution in [1.29, 1.82) is 5.26 Å². The second kappa shape index (κ2) is 9.68. The molecule has 0 bridgehead atoms. The summed E-state index contributed by atoms with van der Waals surface area (Å²) in [7, 11) is 0. The highest BCUT2D eigenvalue weighted by atomic mass is 79.9. The molecule has 4 rings (SSSR count). The van der Waals surface area contributed by atoms with Gasteiger partial charge in [0.25, 0.3) is 11.8 Å². The molecule has 0 aromatic heterocycles. The smallest absolute Gasteiger partial charge is 0.335 e. The van der Waals surface area contributed by atoms with E-state index in [1.165, 1.54) is 24.3 Å². The number of nitriles is 1. The molecule has 0 aliphatic carbocycles. The SMILES string of the molecule is N#Cc1ccccc1COc1ccc(/C=C2\C(=O)NC(=O)N(c3cccc(F)c3)C2=O)cc1Br. The molecule has 34 heavy (non-hydrogen) atoms. The van der Waals surface area contributed by atoms with Crippen LogP contribution in [0.4, 0.5) is 14.9 Å². The van der Waals surface area contributed by atoms with E-state index in [4.69, 9.17) is 4.74 Å². The molecular weight excluding hydrogens is 505 g/mol. The van der Waals surface area contributed by atoms with Gasteiger partial charge in [-0.1, -0.05) is 30.3 Å². The molecule has 1 heterocycles. The average molecular weight is 520 g/mol. The Balaban J connectivity index is 1.57. The summed E-state index contributed by atoms with van der Waals surface area (Å²) in [6.07, 6.45) is 1.33. The zero-order chi connectivity index (χ0) is 24.2. The summed E-state index contributed by atoms with van der Waals surface area (Å²) < 4.78 is 20.0. The Morgan fingerprint density at radius 3 is 2.59 bits per heavy atom. The van der Waals surface area contributed by atoms with Gasteiger partial charge in [0.05, 0.1) is 21.8 Å². The Bertz CT molecular complexity index is 1400. The van der Waals surface area contributed by atoms with Gasteiger partial charge < -0.3 is 4.74 Å². The van der Waals surface area contributed by atoms with Crippen molar-refractivity contribution < 1.29 is 23.5 Å². The molecule has 0 saturated carbocycles. The summed E-state index contributed by atoms with van der Waals surface area (Å²) in [5.41, 5.74) is 1.45. The van der Waals surface area contributed by atoms with Crippen molar-refractivity contribution in [2.45, 2.75) is 6.61 Å². The minimum absolute atomic E-state index is 0.00322. The fraction of sp³-hybridized carbons (Fsp3) is 0.0400. The standard InChI is InChI=1S/C25H15BrFN3O4/c26-21-11-15(8-9-22(21)34-14-17-5-2-1-4-16(17)13-28)10-20-23(31)29-25(33)30(24(20)32)19-7-3-6-18(27)12-19/h1-12H,14H2,(H,29,31,33)/b20-10+. The van der Waals surface area contributed by atoms with Crippen LogP contribution < -0.4 is 15.0 Å². The number of benzene rings is 3. The maximum Gasteiger partial charge on any atom is 0.335 e. The van der Waals surface area contributed by atoms with E-state index in [1.807, 2.05) is 6.07 Å².